The van der Waals surface area contributed by atoms with Crippen molar-refractivity contribution in [2.75, 3.05) is 12.8 Å². The summed E-state index contributed by atoms with van der Waals surface area (Å²) in [6, 6.07) is 8.47. The van der Waals surface area contributed by atoms with E-state index < -0.39 is 17.0 Å². The molecule has 0 fully saturated rings. The molecule has 0 radical (unpaired) electrons. The van der Waals surface area contributed by atoms with Gasteiger partial charge in [-0.1, -0.05) is 12.1 Å². The van der Waals surface area contributed by atoms with Gasteiger partial charge < -0.3 is 10.2 Å². The molecule has 0 saturated heterocycles. The van der Waals surface area contributed by atoms with Crippen LogP contribution in [0.4, 0.5) is 4.39 Å². The van der Waals surface area contributed by atoms with Crippen molar-refractivity contribution in [1.82, 2.24) is 9.29 Å². The Labute approximate surface area is 155 Å². The van der Waals surface area contributed by atoms with Crippen LogP contribution < -0.4 is 5.73 Å². The highest BCUT2D eigenvalue weighted by Crippen LogP contribution is 2.38. The third kappa shape index (κ3) is 3.04. The SMILES string of the molecule is CN1C(N)=NC(c2sc(-c3cccc(-c4ncco4)c3)cc2F)CS1=O. The van der Waals surface area contributed by atoms with Crippen LogP contribution in [0.25, 0.3) is 21.9 Å². The highest BCUT2D eigenvalue weighted by molar-refractivity contribution is 7.83. The number of oxazole rings is 1. The third-order valence-electron chi connectivity index (χ3n) is 4.06. The standard InChI is InChI=1S/C17H15FN4O2S2/c1-22-17(19)21-13(9-26(22)23)15-12(18)8-14(25-15)10-3-2-4-11(7-10)16-20-5-6-24-16/h2-8,13H,9H2,1H3,(H2,19,21). The second kappa shape index (κ2) is 6.65. The van der Waals surface area contributed by atoms with Gasteiger partial charge in [-0.15, -0.1) is 11.3 Å². The predicted molar refractivity (Wildman–Crippen MR) is 100 cm³/mol. The predicted octanol–water partition coefficient (Wildman–Crippen LogP) is 3.17. The molecule has 134 valence electrons. The lowest BCUT2D eigenvalue weighted by Crippen LogP contribution is -2.41. The minimum absolute atomic E-state index is 0.153. The van der Waals surface area contributed by atoms with Gasteiger partial charge in [0.1, 0.15) is 29.1 Å². The molecule has 26 heavy (non-hydrogen) atoms. The lowest BCUT2D eigenvalue weighted by molar-refractivity contribution is 0.574. The van der Waals surface area contributed by atoms with E-state index in [0.29, 0.717) is 10.8 Å². The van der Waals surface area contributed by atoms with Crippen LogP contribution in [0.2, 0.25) is 0 Å². The van der Waals surface area contributed by atoms with E-state index in [1.54, 1.807) is 13.2 Å². The minimum atomic E-state index is -1.32. The number of thiophene rings is 1. The van der Waals surface area contributed by atoms with Crippen molar-refractivity contribution in [3.05, 3.63) is 53.5 Å². The molecule has 1 aliphatic rings. The molecule has 0 bridgehead atoms. The van der Waals surface area contributed by atoms with Gasteiger partial charge in [-0.05, 0) is 23.8 Å². The molecule has 0 amide bonds. The number of hydrogen-bond acceptors (Lipinski definition) is 6. The summed E-state index contributed by atoms with van der Waals surface area (Å²) in [5.41, 5.74) is 7.45. The normalized spacial score (nSPS) is 20.2. The highest BCUT2D eigenvalue weighted by Gasteiger charge is 2.28. The molecule has 2 atom stereocenters. The fourth-order valence-corrected chi connectivity index (χ4v) is 4.86. The Morgan fingerprint density at radius 1 is 1.38 bits per heavy atom. The zero-order valence-corrected chi connectivity index (χ0v) is 15.4. The first-order chi connectivity index (χ1) is 12.5. The molecule has 1 aromatic carbocycles. The van der Waals surface area contributed by atoms with Crippen molar-refractivity contribution in [1.29, 1.82) is 0 Å². The highest BCUT2D eigenvalue weighted by atomic mass is 32.2. The van der Waals surface area contributed by atoms with Crippen LogP contribution in [0, 0.1) is 5.82 Å². The van der Waals surface area contributed by atoms with Gasteiger partial charge in [0.2, 0.25) is 11.9 Å². The smallest absolute Gasteiger partial charge is 0.225 e. The Balaban J connectivity index is 1.70. The first-order valence-electron chi connectivity index (χ1n) is 7.78. The van der Waals surface area contributed by atoms with Crippen molar-refractivity contribution in [2.45, 2.75) is 6.04 Å². The molecule has 9 heteroatoms. The fourth-order valence-electron chi connectivity index (χ4n) is 2.69. The third-order valence-corrected chi connectivity index (χ3v) is 6.72. The molecule has 0 spiro atoms. The maximum Gasteiger partial charge on any atom is 0.225 e. The number of halogens is 1. The van der Waals surface area contributed by atoms with Crippen LogP contribution in [-0.2, 0) is 11.0 Å². The molecule has 2 aromatic heterocycles. The maximum absolute atomic E-state index is 14.6. The van der Waals surface area contributed by atoms with Crippen molar-refractivity contribution >= 4 is 28.3 Å². The molecule has 0 aliphatic carbocycles. The van der Waals surface area contributed by atoms with Crippen LogP contribution >= 0.6 is 11.3 Å². The molecule has 2 N–H and O–H groups in total. The van der Waals surface area contributed by atoms with Gasteiger partial charge in [-0.3, -0.25) is 4.31 Å². The van der Waals surface area contributed by atoms with Crippen LogP contribution in [0.5, 0.6) is 0 Å². The fraction of sp³-hybridized carbons (Fsp3) is 0.176. The summed E-state index contributed by atoms with van der Waals surface area (Å²) in [5.74, 6) is 0.506. The zero-order valence-electron chi connectivity index (χ0n) is 13.8. The van der Waals surface area contributed by atoms with Crippen molar-refractivity contribution < 1.29 is 13.0 Å². The second-order valence-corrected chi connectivity index (χ2v) is 8.34. The van der Waals surface area contributed by atoms with E-state index in [9.17, 15) is 8.60 Å². The number of hydrogen-bond donors (Lipinski definition) is 1. The molecule has 3 heterocycles. The minimum Gasteiger partial charge on any atom is -0.445 e. The summed E-state index contributed by atoms with van der Waals surface area (Å²) < 4.78 is 33.4. The Hall–Kier alpha value is -2.52. The summed E-state index contributed by atoms with van der Waals surface area (Å²) in [6.07, 6.45) is 3.08. The molecule has 0 saturated carbocycles. The van der Waals surface area contributed by atoms with E-state index >= 15 is 0 Å². The summed E-state index contributed by atoms with van der Waals surface area (Å²) in [4.78, 5) is 9.61. The number of rotatable bonds is 3. The van der Waals surface area contributed by atoms with Gasteiger partial charge >= 0.3 is 0 Å². The number of benzene rings is 1. The Kier molecular flexibility index (Phi) is 4.33. The molecule has 1 aliphatic heterocycles. The van der Waals surface area contributed by atoms with E-state index in [2.05, 4.69) is 9.98 Å². The van der Waals surface area contributed by atoms with Gasteiger partial charge in [0, 0.05) is 17.5 Å². The molecule has 6 nitrogen and oxygen atoms in total. The summed E-state index contributed by atoms with van der Waals surface area (Å²) in [6.45, 7) is 0. The van der Waals surface area contributed by atoms with E-state index in [-0.39, 0.29) is 17.5 Å². The molecular formula is C17H15FN4O2S2. The quantitative estimate of drug-likeness (QED) is 0.744. The van der Waals surface area contributed by atoms with Gasteiger partial charge in [0.25, 0.3) is 0 Å². The van der Waals surface area contributed by atoms with Crippen molar-refractivity contribution in [3.63, 3.8) is 0 Å². The van der Waals surface area contributed by atoms with Crippen LogP contribution in [-0.4, -0.2) is 32.3 Å². The van der Waals surface area contributed by atoms with Gasteiger partial charge in [0.15, 0.2) is 0 Å². The lowest BCUT2D eigenvalue weighted by Gasteiger charge is -2.25. The van der Waals surface area contributed by atoms with Crippen LogP contribution in [0.1, 0.15) is 10.9 Å². The molecule has 4 rings (SSSR count). The lowest BCUT2D eigenvalue weighted by atomic mass is 10.1. The largest absolute Gasteiger partial charge is 0.445 e. The van der Waals surface area contributed by atoms with Crippen LogP contribution in [0.3, 0.4) is 0 Å². The Morgan fingerprint density at radius 2 is 2.19 bits per heavy atom. The number of guanidine groups is 1. The maximum atomic E-state index is 14.6. The topological polar surface area (TPSA) is 84.7 Å². The van der Waals surface area contributed by atoms with Gasteiger partial charge in [0.05, 0.1) is 16.8 Å². The van der Waals surface area contributed by atoms with E-state index in [1.807, 2.05) is 24.3 Å². The van der Waals surface area contributed by atoms with Crippen LogP contribution in [0.15, 0.2) is 52.2 Å². The number of nitrogens with two attached hydrogens (primary N) is 1. The molecular weight excluding hydrogens is 375 g/mol. The van der Waals surface area contributed by atoms with Crippen molar-refractivity contribution in [3.8, 4) is 21.9 Å². The van der Waals surface area contributed by atoms with Gasteiger partial charge in [-0.25, -0.2) is 18.6 Å². The van der Waals surface area contributed by atoms with Gasteiger partial charge in [-0.2, -0.15) is 0 Å². The Bertz CT molecular complexity index is 1000. The van der Waals surface area contributed by atoms with Crippen molar-refractivity contribution in [2.24, 2.45) is 10.7 Å². The second-order valence-electron chi connectivity index (χ2n) is 5.73. The summed E-state index contributed by atoms with van der Waals surface area (Å²) in [7, 11) is 0.290. The number of nitrogens with zero attached hydrogens (tertiary/aromatic N) is 3. The first kappa shape index (κ1) is 16.9. The average Bonchev–Trinajstić information content (AvgIpc) is 3.29. The van der Waals surface area contributed by atoms with E-state index in [1.165, 1.54) is 28.0 Å². The summed E-state index contributed by atoms with van der Waals surface area (Å²) in [5, 5.41) is 0. The van der Waals surface area contributed by atoms with E-state index in [0.717, 1.165) is 16.0 Å². The Morgan fingerprint density at radius 3 is 2.92 bits per heavy atom. The summed E-state index contributed by atoms with van der Waals surface area (Å²) >= 11 is 1.29. The first-order valence-corrected chi connectivity index (χ1v) is 9.87. The van der Waals surface area contributed by atoms with E-state index in [4.69, 9.17) is 10.2 Å². The molecule has 2 unspecified atom stereocenters. The zero-order chi connectivity index (χ0) is 18.3. The average molecular weight is 390 g/mol. The monoisotopic (exact) mass is 390 g/mol. The molecule has 3 aromatic rings. The number of aromatic nitrogens is 1. The number of aliphatic imine (C=N–C) groups is 1.